The van der Waals surface area contributed by atoms with Gasteiger partial charge >= 0.3 is 0 Å². The highest BCUT2D eigenvalue weighted by Crippen LogP contribution is 2.24. The van der Waals surface area contributed by atoms with E-state index in [0.29, 0.717) is 5.82 Å². The third-order valence-corrected chi connectivity index (χ3v) is 2.37. The fraction of sp³-hybridized carbons (Fsp3) is 0.182. The standard InChI is InChI=1S/C11H13N3O/c1-7-5-11(14-12)13-10-4-3-8(15-2)6-9(7)10/h3-6H,12H2,1-2H3,(H,13,14). The normalized spacial score (nSPS) is 10.3. The zero-order valence-corrected chi connectivity index (χ0v) is 8.74. The Labute approximate surface area is 88.0 Å². The Morgan fingerprint density at radius 2 is 2.13 bits per heavy atom. The van der Waals surface area contributed by atoms with Gasteiger partial charge < -0.3 is 10.2 Å². The largest absolute Gasteiger partial charge is 0.497 e. The fourth-order valence-electron chi connectivity index (χ4n) is 1.57. The summed E-state index contributed by atoms with van der Waals surface area (Å²) in [6.07, 6.45) is 0. The molecular formula is C11H13N3O. The second-order valence-corrected chi connectivity index (χ2v) is 3.35. The topological polar surface area (TPSA) is 60.2 Å². The lowest BCUT2D eigenvalue weighted by Gasteiger charge is -2.07. The van der Waals surface area contributed by atoms with Crippen molar-refractivity contribution in [2.75, 3.05) is 12.5 Å². The zero-order valence-electron chi connectivity index (χ0n) is 8.74. The van der Waals surface area contributed by atoms with E-state index in [1.165, 1.54) is 0 Å². The van der Waals surface area contributed by atoms with Crippen LogP contribution >= 0.6 is 0 Å². The van der Waals surface area contributed by atoms with Gasteiger partial charge in [0.2, 0.25) is 0 Å². The molecule has 0 bridgehead atoms. The molecule has 0 aliphatic carbocycles. The van der Waals surface area contributed by atoms with Crippen LogP contribution in [0.3, 0.4) is 0 Å². The van der Waals surface area contributed by atoms with Crippen LogP contribution in [-0.2, 0) is 0 Å². The van der Waals surface area contributed by atoms with E-state index in [2.05, 4.69) is 10.4 Å². The van der Waals surface area contributed by atoms with Gasteiger partial charge in [-0.3, -0.25) is 0 Å². The maximum absolute atomic E-state index is 5.33. The number of anilines is 1. The van der Waals surface area contributed by atoms with Crippen LogP contribution in [0.1, 0.15) is 5.56 Å². The van der Waals surface area contributed by atoms with Gasteiger partial charge in [0.15, 0.2) is 0 Å². The van der Waals surface area contributed by atoms with Crippen molar-refractivity contribution in [1.29, 1.82) is 0 Å². The smallest absolute Gasteiger partial charge is 0.140 e. The Morgan fingerprint density at radius 3 is 2.80 bits per heavy atom. The minimum Gasteiger partial charge on any atom is -0.497 e. The van der Waals surface area contributed by atoms with Crippen LogP contribution in [-0.4, -0.2) is 12.1 Å². The molecule has 4 nitrogen and oxygen atoms in total. The predicted octanol–water partition coefficient (Wildman–Crippen LogP) is 1.84. The van der Waals surface area contributed by atoms with Crippen molar-refractivity contribution in [2.45, 2.75) is 6.92 Å². The van der Waals surface area contributed by atoms with Gasteiger partial charge in [0.1, 0.15) is 11.6 Å². The highest BCUT2D eigenvalue weighted by molar-refractivity contribution is 5.85. The molecule has 0 amide bonds. The predicted molar refractivity (Wildman–Crippen MR) is 60.8 cm³/mol. The summed E-state index contributed by atoms with van der Waals surface area (Å²) in [7, 11) is 1.65. The van der Waals surface area contributed by atoms with E-state index in [1.807, 2.05) is 31.2 Å². The minimum absolute atomic E-state index is 0.671. The SMILES string of the molecule is COc1ccc2nc(NN)cc(C)c2c1. The summed E-state index contributed by atoms with van der Waals surface area (Å²) >= 11 is 0. The first-order valence-corrected chi connectivity index (χ1v) is 4.66. The maximum atomic E-state index is 5.33. The van der Waals surface area contributed by atoms with Crippen molar-refractivity contribution in [3.05, 3.63) is 29.8 Å². The van der Waals surface area contributed by atoms with Crippen LogP contribution in [0, 0.1) is 6.92 Å². The van der Waals surface area contributed by atoms with Crippen LogP contribution in [0.15, 0.2) is 24.3 Å². The first kappa shape index (κ1) is 9.73. The van der Waals surface area contributed by atoms with Crippen LogP contribution in [0.25, 0.3) is 10.9 Å². The number of pyridine rings is 1. The van der Waals surface area contributed by atoms with E-state index < -0.39 is 0 Å². The van der Waals surface area contributed by atoms with E-state index >= 15 is 0 Å². The second kappa shape index (κ2) is 3.74. The summed E-state index contributed by atoms with van der Waals surface area (Å²) < 4.78 is 5.17. The van der Waals surface area contributed by atoms with E-state index in [9.17, 15) is 0 Å². The lowest BCUT2D eigenvalue weighted by molar-refractivity contribution is 0.415. The van der Waals surface area contributed by atoms with Crippen molar-refractivity contribution in [1.82, 2.24) is 4.98 Å². The Morgan fingerprint density at radius 1 is 1.33 bits per heavy atom. The van der Waals surface area contributed by atoms with Crippen LogP contribution in [0.5, 0.6) is 5.75 Å². The Kier molecular flexibility index (Phi) is 2.43. The van der Waals surface area contributed by atoms with Crippen molar-refractivity contribution in [2.24, 2.45) is 5.84 Å². The first-order chi connectivity index (χ1) is 7.24. The number of benzene rings is 1. The number of aryl methyl sites for hydroxylation is 1. The lowest BCUT2D eigenvalue weighted by Crippen LogP contribution is -2.08. The lowest BCUT2D eigenvalue weighted by atomic mass is 10.1. The fourth-order valence-corrected chi connectivity index (χ4v) is 1.57. The quantitative estimate of drug-likeness (QED) is 0.577. The third-order valence-electron chi connectivity index (χ3n) is 2.37. The molecule has 0 radical (unpaired) electrons. The van der Waals surface area contributed by atoms with E-state index in [1.54, 1.807) is 7.11 Å². The van der Waals surface area contributed by atoms with Gasteiger partial charge in [-0.15, -0.1) is 0 Å². The average molecular weight is 203 g/mol. The summed E-state index contributed by atoms with van der Waals surface area (Å²) in [5, 5.41) is 1.08. The van der Waals surface area contributed by atoms with Crippen LogP contribution < -0.4 is 16.0 Å². The number of hydrogen-bond acceptors (Lipinski definition) is 4. The number of nitrogens with zero attached hydrogens (tertiary/aromatic N) is 1. The molecule has 3 N–H and O–H groups in total. The first-order valence-electron chi connectivity index (χ1n) is 4.66. The van der Waals surface area contributed by atoms with Gasteiger partial charge in [0, 0.05) is 5.39 Å². The molecule has 2 rings (SSSR count). The van der Waals surface area contributed by atoms with Gasteiger partial charge in [0.05, 0.1) is 12.6 Å². The number of ether oxygens (including phenoxy) is 1. The number of rotatable bonds is 2. The minimum atomic E-state index is 0.671. The molecule has 0 saturated heterocycles. The molecule has 0 spiro atoms. The number of nitrogens with two attached hydrogens (primary N) is 1. The van der Waals surface area contributed by atoms with Crippen molar-refractivity contribution < 1.29 is 4.74 Å². The van der Waals surface area contributed by atoms with Gasteiger partial charge in [-0.05, 0) is 36.8 Å². The molecule has 2 aromatic rings. The summed E-state index contributed by atoms with van der Waals surface area (Å²) in [6, 6.07) is 7.68. The molecule has 1 aromatic heterocycles. The molecule has 4 heteroatoms. The van der Waals surface area contributed by atoms with Gasteiger partial charge in [0.25, 0.3) is 0 Å². The molecule has 0 fully saturated rings. The zero-order chi connectivity index (χ0) is 10.8. The molecule has 0 aliphatic rings. The summed E-state index contributed by atoms with van der Waals surface area (Å²) in [5.74, 6) is 6.83. The molecule has 0 saturated carbocycles. The number of nitrogens with one attached hydrogen (secondary N) is 1. The number of hydrogen-bond donors (Lipinski definition) is 2. The van der Waals surface area contributed by atoms with E-state index in [4.69, 9.17) is 10.6 Å². The average Bonchev–Trinajstić information content (AvgIpc) is 2.28. The van der Waals surface area contributed by atoms with Crippen LogP contribution in [0.2, 0.25) is 0 Å². The molecule has 1 aromatic carbocycles. The highest BCUT2D eigenvalue weighted by Gasteiger charge is 2.03. The second-order valence-electron chi connectivity index (χ2n) is 3.35. The number of hydrazine groups is 1. The summed E-state index contributed by atoms with van der Waals surface area (Å²) in [6.45, 7) is 2.02. The van der Waals surface area contributed by atoms with Gasteiger partial charge in [-0.2, -0.15) is 0 Å². The van der Waals surface area contributed by atoms with Crippen molar-refractivity contribution in [3.8, 4) is 5.75 Å². The van der Waals surface area contributed by atoms with Crippen LogP contribution in [0.4, 0.5) is 5.82 Å². The van der Waals surface area contributed by atoms with Crippen molar-refractivity contribution >= 4 is 16.7 Å². The van der Waals surface area contributed by atoms with Gasteiger partial charge in [-0.25, -0.2) is 10.8 Å². The monoisotopic (exact) mass is 203 g/mol. The Bertz CT molecular complexity index is 496. The molecular weight excluding hydrogens is 190 g/mol. The maximum Gasteiger partial charge on any atom is 0.140 e. The Balaban J connectivity index is 2.68. The van der Waals surface area contributed by atoms with E-state index in [-0.39, 0.29) is 0 Å². The number of aromatic nitrogens is 1. The van der Waals surface area contributed by atoms with Crippen molar-refractivity contribution in [3.63, 3.8) is 0 Å². The molecule has 1 heterocycles. The third kappa shape index (κ3) is 1.71. The van der Waals surface area contributed by atoms with Gasteiger partial charge in [-0.1, -0.05) is 0 Å². The Hall–Kier alpha value is -1.81. The molecule has 15 heavy (non-hydrogen) atoms. The number of nitrogen functional groups attached to an aromatic ring is 1. The summed E-state index contributed by atoms with van der Waals surface area (Å²) in [4.78, 5) is 4.34. The molecule has 0 atom stereocenters. The molecule has 0 aliphatic heterocycles. The van der Waals surface area contributed by atoms with E-state index in [0.717, 1.165) is 22.2 Å². The number of fused-ring (bicyclic) bond motifs is 1. The highest BCUT2D eigenvalue weighted by atomic mass is 16.5. The summed E-state index contributed by atoms with van der Waals surface area (Å²) in [5.41, 5.74) is 4.57. The number of methoxy groups -OCH3 is 1. The molecule has 0 unspecified atom stereocenters. The molecule has 78 valence electrons.